The van der Waals surface area contributed by atoms with Gasteiger partial charge in [-0.05, 0) is 24.3 Å². The molecular formula is C21H20ClN3O3S. The van der Waals surface area contributed by atoms with Crippen LogP contribution in [0.4, 0.5) is 0 Å². The number of pyridine rings is 1. The molecule has 6 nitrogen and oxygen atoms in total. The van der Waals surface area contributed by atoms with Gasteiger partial charge in [-0.25, -0.2) is 0 Å². The number of fused-ring (bicyclic) bond motifs is 2. The Morgan fingerprint density at radius 3 is 2.93 bits per heavy atom. The quantitative estimate of drug-likeness (QED) is 0.669. The molecule has 0 saturated carbocycles. The number of aliphatic hydroxyl groups excluding tert-OH is 1. The highest BCUT2D eigenvalue weighted by Gasteiger charge is 2.35. The molecule has 2 aliphatic heterocycles. The zero-order valence-corrected chi connectivity index (χ0v) is 17.2. The second kappa shape index (κ2) is 7.57. The minimum atomic E-state index is -0.519. The fraction of sp³-hybridized carbons (Fsp3) is 0.333. The van der Waals surface area contributed by atoms with Gasteiger partial charge in [-0.1, -0.05) is 11.6 Å². The first-order chi connectivity index (χ1) is 14.1. The molecule has 1 atom stereocenters. The van der Waals surface area contributed by atoms with Crippen LogP contribution < -0.4 is 10.1 Å². The highest BCUT2D eigenvalue weighted by Crippen LogP contribution is 2.44. The first-order valence-corrected chi connectivity index (χ1v) is 10.8. The van der Waals surface area contributed by atoms with Crippen molar-refractivity contribution in [2.45, 2.75) is 19.1 Å². The molecule has 3 aromatic rings. The number of benzene rings is 1. The van der Waals surface area contributed by atoms with Crippen LogP contribution in [-0.4, -0.2) is 53.2 Å². The number of nitrogens with zero attached hydrogens (tertiary/aromatic N) is 2. The van der Waals surface area contributed by atoms with Gasteiger partial charge in [0.25, 0.3) is 5.91 Å². The number of aliphatic hydroxyl groups is 1. The maximum Gasteiger partial charge on any atom is 0.264 e. The average molecular weight is 430 g/mol. The molecule has 0 spiro atoms. The molecule has 5 rings (SSSR count). The van der Waals surface area contributed by atoms with Crippen LogP contribution in [0.15, 0.2) is 30.5 Å². The number of amides is 1. The Labute approximate surface area is 177 Å². The van der Waals surface area contributed by atoms with Crippen molar-refractivity contribution in [3.8, 4) is 16.9 Å². The van der Waals surface area contributed by atoms with E-state index in [-0.39, 0.29) is 12.5 Å². The summed E-state index contributed by atoms with van der Waals surface area (Å²) in [5, 5.41) is 13.4. The lowest BCUT2D eigenvalue weighted by atomic mass is 10.0. The standard InChI is InChI=1S/C21H20ClN3O3S/c22-13-7-12-8-18(21(27)25-5-3-23-4-6-25)28-19(12)16(9-13)15-1-2-24-17-10-14(11-26)29-20(15)17/h1-2,7,9-10,18,23,26H,3-6,8,11H2. The van der Waals surface area contributed by atoms with E-state index in [1.165, 1.54) is 11.3 Å². The Kier molecular flexibility index (Phi) is 4.91. The Hall–Kier alpha value is -2.19. The van der Waals surface area contributed by atoms with Gasteiger partial charge in [-0.2, -0.15) is 0 Å². The number of carbonyl (C=O) groups is 1. The molecule has 29 heavy (non-hydrogen) atoms. The normalized spacial score (nSPS) is 18.7. The molecule has 1 fully saturated rings. The zero-order chi connectivity index (χ0) is 20.0. The highest BCUT2D eigenvalue weighted by molar-refractivity contribution is 7.19. The number of hydrogen-bond donors (Lipinski definition) is 2. The Morgan fingerprint density at radius 2 is 2.14 bits per heavy atom. The molecule has 0 bridgehead atoms. The van der Waals surface area contributed by atoms with Crippen molar-refractivity contribution in [3.63, 3.8) is 0 Å². The number of thiophene rings is 1. The third-order valence-electron chi connectivity index (χ3n) is 5.41. The molecule has 150 valence electrons. The number of aromatic nitrogens is 1. The molecular weight excluding hydrogens is 410 g/mol. The van der Waals surface area contributed by atoms with Gasteiger partial charge >= 0.3 is 0 Å². The van der Waals surface area contributed by atoms with Gasteiger partial charge < -0.3 is 20.1 Å². The predicted molar refractivity (Wildman–Crippen MR) is 114 cm³/mol. The summed E-state index contributed by atoms with van der Waals surface area (Å²) in [5.74, 6) is 0.748. The van der Waals surface area contributed by atoms with Gasteiger partial charge in [-0.15, -0.1) is 11.3 Å². The highest BCUT2D eigenvalue weighted by atomic mass is 35.5. The minimum absolute atomic E-state index is 0.0219. The van der Waals surface area contributed by atoms with Crippen molar-refractivity contribution in [2.75, 3.05) is 26.2 Å². The Balaban J connectivity index is 1.54. The molecule has 2 aromatic heterocycles. The summed E-state index contributed by atoms with van der Waals surface area (Å²) in [7, 11) is 0. The molecule has 1 aromatic carbocycles. The van der Waals surface area contributed by atoms with Crippen molar-refractivity contribution in [2.24, 2.45) is 0 Å². The van der Waals surface area contributed by atoms with E-state index in [0.717, 1.165) is 44.9 Å². The lowest BCUT2D eigenvalue weighted by molar-refractivity contribution is -0.138. The van der Waals surface area contributed by atoms with E-state index in [1.807, 2.05) is 29.2 Å². The Morgan fingerprint density at radius 1 is 1.31 bits per heavy atom. The van der Waals surface area contributed by atoms with Crippen molar-refractivity contribution in [3.05, 3.63) is 45.9 Å². The van der Waals surface area contributed by atoms with Crippen LogP contribution in [0.5, 0.6) is 5.75 Å². The molecule has 1 amide bonds. The van der Waals surface area contributed by atoms with Gasteiger partial charge in [0, 0.05) is 65.4 Å². The van der Waals surface area contributed by atoms with Crippen LogP contribution in [0.1, 0.15) is 10.4 Å². The smallest absolute Gasteiger partial charge is 0.264 e. The zero-order valence-electron chi connectivity index (χ0n) is 15.7. The Bertz CT molecular complexity index is 1090. The van der Waals surface area contributed by atoms with E-state index in [0.29, 0.717) is 30.3 Å². The molecule has 1 saturated heterocycles. The number of rotatable bonds is 3. The molecule has 0 radical (unpaired) electrons. The largest absolute Gasteiger partial charge is 0.479 e. The van der Waals surface area contributed by atoms with Crippen molar-refractivity contribution in [1.29, 1.82) is 0 Å². The number of nitrogens with one attached hydrogen (secondary N) is 1. The number of ether oxygens (including phenoxy) is 1. The summed E-state index contributed by atoms with van der Waals surface area (Å²) in [6, 6.07) is 7.59. The molecule has 2 N–H and O–H groups in total. The lowest BCUT2D eigenvalue weighted by Gasteiger charge is -2.29. The molecule has 4 heterocycles. The summed E-state index contributed by atoms with van der Waals surface area (Å²) in [6.45, 7) is 3.00. The summed E-state index contributed by atoms with van der Waals surface area (Å²) in [6.07, 6.45) is 1.75. The maximum atomic E-state index is 13.0. The second-order valence-electron chi connectivity index (χ2n) is 7.27. The van der Waals surface area contributed by atoms with Crippen LogP contribution in [0.3, 0.4) is 0 Å². The molecule has 1 unspecified atom stereocenters. The molecule has 8 heteroatoms. The number of hydrogen-bond acceptors (Lipinski definition) is 6. The van der Waals surface area contributed by atoms with Crippen molar-refractivity contribution in [1.82, 2.24) is 15.2 Å². The van der Waals surface area contributed by atoms with E-state index < -0.39 is 6.10 Å². The van der Waals surface area contributed by atoms with Crippen molar-refractivity contribution >= 4 is 39.1 Å². The van der Waals surface area contributed by atoms with Crippen molar-refractivity contribution < 1.29 is 14.6 Å². The fourth-order valence-electron chi connectivity index (χ4n) is 4.03. The van der Waals surface area contributed by atoms with Crippen LogP contribution in [-0.2, 0) is 17.8 Å². The maximum absolute atomic E-state index is 13.0. The molecule has 0 aliphatic carbocycles. The summed E-state index contributed by atoms with van der Waals surface area (Å²) >= 11 is 7.93. The third-order valence-corrected chi connectivity index (χ3v) is 6.77. The van der Waals surface area contributed by atoms with E-state index in [1.54, 1.807) is 6.20 Å². The van der Waals surface area contributed by atoms with Crippen LogP contribution in [0, 0.1) is 0 Å². The second-order valence-corrected chi connectivity index (χ2v) is 8.84. The monoisotopic (exact) mass is 429 g/mol. The van der Waals surface area contributed by atoms with E-state index >= 15 is 0 Å². The van der Waals surface area contributed by atoms with Gasteiger partial charge in [0.2, 0.25) is 0 Å². The minimum Gasteiger partial charge on any atom is -0.479 e. The van der Waals surface area contributed by atoms with E-state index in [9.17, 15) is 9.90 Å². The lowest BCUT2D eigenvalue weighted by Crippen LogP contribution is -2.50. The fourth-order valence-corrected chi connectivity index (χ4v) is 5.27. The number of halogens is 1. The van der Waals surface area contributed by atoms with Gasteiger partial charge in [0.15, 0.2) is 6.10 Å². The predicted octanol–water partition coefficient (Wildman–Crippen LogP) is 2.84. The average Bonchev–Trinajstić information content (AvgIpc) is 3.36. The summed E-state index contributed by atoms with van der Waals surface area (Å²) in [5.41, 5.74) is 3.59. The van der Waals surface area contributed by atoms with E-state index in [4.69, 9.17) is 16.3 Å². The number of piperazine rings is 1. The number of carbonyl (C=O) groups excluding carboxylic acids is 1. The van der Waals surface area contributed by atoms with Crippen LogP contribution in [0.2, 0.25) is 5.02 Å². The molecule has 2 aliphatic rings. The van der Waals surface area contributed by atoms with E-state index in [2.05, 4.69) is 10.3 Å². The van der Waals surface area contributed by atoms with Gasteiger partial charge in [0.05, 0.1) is 16.8 Å². The SMILES string of the molecule is O=C(C1Cc2cc(Cl)cc(-c3ccnc4cc(CO)sc34)c2O1)N1CCNCC1. The van der Waals surface area contributed by atoms with Crippen LogP contribution >= 0.6 is 22.9 Å². The third kappa shape index (κ3) is 3.38. The van der Waals surface area contributed by atoms with Gasteiger partial charge in [0.1, 0.15) is 5.75 Å². The first-order valence-electron chi connectivity index (χ1n) is 9.61. The van der Waals surface area contributed by atoms with Gasteiger partial charge in [-0.3, -0.25) is 9.78 Å². The first kappa shape index (κ1) is 18.8. The summed E-state index contributed by atoms with van der Waals surface area (Å²) in [4.78, 5) is 20.1. The van der Waals surface area contributed by atoms with Crippen LogP contribution in [0.25, 0.3) is 21.3 Å². The topological polar surface area (TPSA) is 74.7 Å². The summed E-state index contributed by atoms with van der Waals surface area (Å²) < 4.78 is 7.18.